The third-order valence-corrected chi connectivity index (χ3v) is 1.93. The fourth-order valence-electron chi connectivity index (χ4n) is 1.18. The van der Waals surface area contributed by atoms with Gasteiger partial charge in [-0.05, 0) is 32.1 Å². The van der Waals surface area contributed by atoms with Gasteiger partial charge >= 0.3 is 0 Å². The van der Waals surface area contributed by atoms with Crippen molar-refractivity contribution >= 4 is 0 Å². The van der Waals surface area contributed by atoms with Gasteiger partial charge in [-0.2, -0.15) is 0 Å². The summed E-state index contributed by atoms with van der Waals surface area (Å²) in [7, 11) is 0. The van der Waals surface area contributed by atoms with Crippen molar-refractivity contribution in [2.45, 2.75) is 39.5 Å². The summed E-state index contributed by atoms with van der Waals surface area (Å²) in [5, 5.41) is 0. The molecule has 1 unspecified atom stereocenters. The quantitative estimate of drug-likeness (QED) is 0.506. The molecule has 0 aromatic heterocycles. The molecule has 0 aliphatic heterocycles. The van der Waals surface area contributed by atoms with Crippen LogP contribution in [0.25, 0.3) is 0 Å². The van der Waals surface area contributed by atoms with E-state index in [0.29, 0.717) is 5.92 Å². The number of hydrogen-bond donors (Lipinski definition) is 0. The highest BCUT2D eigenvalue weighted by molar-refractivity contribution is 4.90. The monoisotopic (exact) mass is 152 g/mol. The Hall–Kier alpha value is -0.520. The average Bonchev–Trinajstić information content (AvgIpc) is 1.97. The molecule has 0 N–H and O–H groups in total. The van der Waals surface area contributed by atoms with E-state index in [1.165, 1.54) is 24.8 Å². The van der Waals surface area contributed by atoms with Crippen LogP contribution in [0, 0.1) is 5.92 Å². The first-order valence-corrected chi connectivity index (χ1v) is 4.47. The predicted molar refractivity (Wildman–Crippen MR) is 52.6 cm³/mol. The molecule has 0 bridgehead atoms. The van der Waals surface area contributed by atoms with Crippen LogP contribution in [0.4, 0.5) is 0 Å². The zero-order chi connectivity index (χ0) is 8.69. The lowest BCUT2D eigenvalue weighted by atomic mass is 9.96. The second kappa shape index (κ2) is 6.21. The average molecular weight is 152 g/mol. The van der Waals surface area contributed by atoms with E-state index in [1.807, 2.05) is 0 Å². The van der Waals surface area contributed by atoms with Crippen LogP contribution in [-0.2, 0) is 0 Å². The molecule has 0 nitrogen and oxygen atoms in total. The lowest BCUT2D eigenvalue weighted by Crippen LogP contribution is -1.95. The summed E-state index contributed by atoms with van der Waals surface area (Å²) >= 11 is 0. The molecule has 11 heavy (non-hydrogen) atoms. The van der Waals surface area contributed by atoms with Crippen LogP contribution >= 0.6 is 0 Å². The molecule has 0 amide bonds. The normalized spacial score (nSPS) is 12.5. The molecule has 0 fully saturated rings. The number of rotatable bonds is 6. The van der Waals surface area contributed by atoms with Crippen molar-refractivity contribution in [3.63, 3.8) is 0 Å². The van der Waals surface area contributed by atoms with Crippen LogP contribution < -0.4 is 0 Å². The van der Waals surface area contributed by atoms with Gasteiger partial charge < -0.3 is 0 Å². The summed E-state index contributed by atoms with van der Waals surface area (Å²) in [6.07, 6.45) is 6.99. The van der Waals surface area contributed by atoms with Gasteiger partial charge in [0.25, 0.3) is 0 Å². The second-order valence-electron chi connectivity index (χ2n) is 3.28. The number of hydrogen-bond acceptors (Lipinski definition) is 0. The van der Waals surface area contributed by atoms with E-state index >= 15 is 0 Å². The molecule has 1 atom stereocenters. The van der Waals surface area contributed by atoms with E-state index in [-0.39, 0.29) is 0 Å². The minimum absolute atomic E-state index is 0.705. The van der Waals surface area contributed by atoms with Crippen LogP contribution in [0.2, 0.25) is 0 Å². The molecular formula is C11H20. The molecule has 0 radical (unpaired) electrons. The molecule has 0 spiro atoms. The van der Waals surface area contributed by atoms with Crippen molar-refractivity contribution in [2.75, 3.05) is 0 Å². The fraction of sp³-hybridized carbons (Fsp3) is 0.636. The molecule has 0 aromatic rings. The lowest BCUT2D eigenvalue weighted by Gasteiger charge is -2.09. The molecule has 0 heteroatoms. The fourth-order valence-corrected chi connectivity index (χ4v) is 1.18. The molecule has 0 saturated heterocycles. The van der Waals surface area contributed by atoms with Crippen molar-refractivity contribution in [1.82, 2.24) is 0 Å². The smallest absolute Gasteiger partial charge is 0.0233 e. The first-order chi connectivity index (χ1) is 5.20. The minimum atomic E-state index is 0.705. The Bertz CT molecular complexity index is 122. The van der Waals surface area contributed by atoms with Crippen molar-refractivity contribution in [2.24, 2.45) is 5.92 Å². The van der Waals surface area contributed by atoms with Gasteiger partial charge in [0.1, 0.15) is 0 Å². The Balaban J connectivity index is 3.51. The van der Waals surface area contributed by atoms with E-state index in [9.17, 15) is 0 Å². The Kier molecular flexibility index (Phi) is 5.91. The largest absolute Gasteiger partial charge is 0.103 e. The SMILES string of the molecule is C=CC(CCC)CCC(=C)C. The van der Waals surface area contributed by atoms with Gasteiger partial charge in [-0.3, -0.25) is 0 Å². The van der Waals surface area contributed by atoms with Crippen molar-refractivity contribution in [1.29, 1.82) is 0 Å². The van der Waals surface area contributed by atoms with Gasteiger partial charge in [0.15, 0.2) is 0 Å². The molecule has 0 heterocycles. The van der Waals surface area contributed by atoms with Crippen LogP contribution in [0.15, 0.2) is 24.8 Å². The van der Waals surface area contributed by atoms with Crippen LogP contribution in [-0.4, -0.2) is 0 Å². The summed E-state index contributed by atoms with van der Waals surface area (Å²) in [6, 6.07) is 0. The highest BCUT2D eigenvalue weighted by Gasteiger charge is 2.01. The van der Waals surface area contributed by atoms with Crippen molar-refractivity contribution < 1.29 is 0 Å². The summed E-state index contributed by atoms with van der Waals surface area (Å²) < 4.78 is 0. The molecule has 0 saturated carbocycles. The van der Waals surface area contributed by atoms with E-state index in [4.69, 9.17) is 0 Å². The number of allylic oxidation sites excluding steroid dienone is 2. The van der Waals surface area contributed by atoms with Crippen molar-refractivity contribution in [3.8, 4) is 0 Å². The second-order valence-corrected chi connectivity index (χ2v) is 3.28. The van der Waals surface area contributed by atoms with Gasteiger partial charge in [-0.25, -0.2) is 0 Å². The Morgan fingerprint density at radius 3 is 2.45 bits per heavy atom. The highest BCUT2D eigenvalue weighted by atomic mass is 14.1. The summed E-state index contributed by atoms with van der Waals surface area (Å²) in [5.74, 6) is 0.705. The van der Waals surface area contributed by atoms with Gasteiger partial charge in [0.05, 0.1) is 0 Å². The van der Waals surface area contributed by atoms with Gasteiger partial charge in [-0.1, -0.05) is 25.0 Å². The summed E-state index contributed by atoms with van der Waals surface area (Å²) in [5.41, 5.74) is 1.29. The molecule has 64 valence electrons. The topological polar surface area (TPSA) is 0 Å². The Labute approximate surface area is 71.0 Å². The standard InChI is InChI=1S/C11H20/c1-5-7-11(6-2)9-8-10(3)4/h6,11H,2-3,5,7-9H2,1,4H3. The summed E-state index contributed by atoms with van der Waals surface area (Å²) in [4.78, 5) is 0. The third kappa shape index (κ3) is 5.90. The van der Waals surface area contributed by atoms with Gasteiger partial charge in [-0.15, -0.1) is 13.2 Å². The highest BCUT2D eigenvalue weighted by Crippen LogP contribution is 2.16. The molecular weight excluding hydrogens is 132 g/mol. The Morgan fingerprint density at radius 2 is 2.09 bits per heavy atom. The maximum absolute atomic E-state index is 3.89. The summed E-state index contributed by atoms with van der Waals surface area (Å²) in [6.45, 7) is 12.0. The molecule has 0 aromatic carbocycles. The van der Waals surface area contributed by atoms with Crippen LogP contribution in [0.3, 0.4) is 0 Å². The molecule has 0 aliphatic carbocycles. The van der Waals surface area contributed by atoms with E-state index in [2.05, 4.69) is 33.1 Å². The van der Waals surface area contributed by atoms with E-state index in [1.54, 1.807) is 0 Å². The van der Waals surface area contributed by atoms with Crippen molar-refractivity contribution in [3.05, 3.63) is 24.8 Å². The van der Waals surface area contributed by atoms with Crippen LogP contribution in [0.1, 0.15) is 39.5 Å². The first kappa shape index (κ1) is 10.5. The van der Waals surface area contributed by atoms with Gasteiger partial charge in [0.2, 0.25) is 0 Å². The minimum Gasteiger partial charge on any atom is -0.103 e. The third-order valence-electron chi connectivity index (χ3n) is 1.93. The predicted octanol–water partition coefficient (Wildman–Crippen LogP) is 3.95. The zero-order valence-electron chi connectivity index (χ0n) is 7.90. The first-order valence-electron chi connectivity index (χ1n) is 4.47. The molecule has 0 rings (SSSR count). The van der Waals surface area contributed by atoms with E-state index < -0.39 is 0 Å². The Morgan fingerprint density at radius 1 is 1.45 bits per heavy atom. The zero-order valence-corrected chi connectivity index (χ0v) is 7.90. The van der Waals surface area contributed by atoms with E-state index in [0.717, 1.165) is 6.42 Å². The van der Waals surface area contributed by atoms with Crippen LogP contribution in [0.5, 0.6) is 0 Å². The van der Waals surface area contributed by atoms with Gasteiger partial charge in [0, 0.05) is 0 Å². The lowest BCUT2D eigenvalue weighted by molar-refractivity contribution is 0.537. The molecule has 0 aliphatic rings. The maximum Gasteiger partial charge on any atom is -0.0233 e. The maximum atomic E-state index is 3.89.